The number of nitrogens with two attached hydrogens (primary N) is 1. The summed E-state index contributed by atoms with van der Waals surface area (Å²) in [7, 11) is 1.69. The first-order valence-electron chi connectivity index (χ1n) is 7.27. The zero-order chi connectivity index (χ0) is 13.5. The fourth-order valence-electron chi connectivity index (χ4n) is 2.90. The number of nitrogens with zero attached hydrogens (tertiary/aromatic N) is 2. The van der Waals surface area contributed by atoms with Gasteiger partial charge in [0, 0.05) is 24.3 Å². The molecule has 0 aliphatic heterocycles. The third kappa shape index (κ3) is 3.91. The number of pyridine rings is 1. The molecule has 4 nitrogen and oxygen atoms in total. The van der Waals surface area contributed by atoms with Crippen LogP contribution in [0.3, 0.4) is 0 Å². The highest BCUT2D eigenvalue weighted by Gasteiger charge is 2.23. The standard InChI is InChI=1S/C15H25N3O/c1-19-15-13(6-4-10-17-15)12-18(11-5-9-16)14-7-2-3-8-14/h4,6,10,14H,2-3,5,7-9,11-12,16H2,1H3. The summed E-state index contributed by atoms with van der Waals surface area (Å²) in [6, 6.07) is 4.79. The van der Waals surface area contributed by atoms with Crippen LogP contribution >= 0.6 is 0 Å². The molecular weight excluding hydrogens is 238 g/mol. The predicted molar refractivity (Wildman–Crippen MR) is 77.1 cm³/mol. The first-order valence-corrected chi connectivity index (χ1v) is 7.27. The Kier molecular flexibility index (Phi) is 5.61. The molecule has 0 unspecified atom stereocenters. The molecule has 0 saturated heterocycles. The maximum absolute atomic E-state index is 5.66. The maximum Gasteiger partial charge on any atom is 0.217 e. The normalized spacial score (nSPS) is 16.2. The lowest BCUT2D eigenvalue weighted by Gasteiger charge is -2.29. The van der Waals surface area contributed by atoms with Crippen LogP contribution in [0.1, 0.15) is 37.7 Å². The Morgan fingerprint density at radius 2 is 2.21 bits per heavy atom. The minimum atomic E-state index is 0.705. The number of methoxy groups -OCH3 is 1. The summed E-state index contributed by atoms with van der Waals surface area (Å²) >= 11 is 0. The van der Waals surface area contributed by atoms with Crippen molar-refractivity contribution in [1.29, 1.82) is 0 Å². The quantitative estimate of drug-likeness (QED) is 0.819. The second kappa shape index (κ2) is 7.46. The molecule has 0 bridgehead atoms. The van der Waals surface area contributed by atoms with Crippen LogP contribution in [0.25, 0.3) is 0 Å². The van der Waals surface area contributed by atoms with Gasteiger partial charge in [-0.2, -0.15) is 0 Å². The van der Waals surface area contributed by atoms with Crippen LogP contribution in [0.4, 0.5) is 0 Å². The topological polar surface area (TPSA) is 51.4 Å². The predicted octanol–water partition coefficient (Wildman–Crippen LogP) is 2.18. The molecule has 1 fully saturated rings. The summed E-state index contributed by atoms with van der Waals surface area (Å²) in [5, 5.41) is 0. The van der Waals surface area contributed by atoms with Gasteiger partial charge < -0.3 is 10.5 Å². The molecule has 0 aromatic carbocycles. The van der Waals surface area contributed by atoms with Gasteiger partial charge in [-0.15, -0.1) is 0 Å². The smallest absolute Gasteiger partial charge is 0.217 e. The van der Waals surface area contributed by atoms with E-state index in [4.69, 9.17) is 10.5 Å². The molecule has 1 aromatic heterocycles. The van der Waals surface area contributed by atoms with Crippen LogP contribution in [0, 0.1) is 0 Å². The van der Waals surface area contributed by atoms with E-state index in [0.29, 0.717) is 6.04 Å². The lowest BCUT2D eigenvalue weighted by Crippen LogP contribution is -2.34. The Morgan fingerprint density at radius 1 is 1.42 bits per heavy atom. The van der Waals surface area contributed by atoms with Gasteiger partial charge in [0.25, 0.3) is 0 Å². The second-order valence-corrected chi connectivity index (χ2v) is 5.22. The van der Waals surface area contributed by atoms with Gasteiger partial charge in [0.1, 0.15) is 0 Å². The average Bonchev–Trinajstić information content (AvgIpc) is 2.98. The molecule has 19 heavy (non-hydrogen) atoms. The summed E-state index contributed by atoms with van der Waals surface area (Å²) in [5.41, 5.74) is 6.84. The van der Waals surface area contributed by atoms with Gasteiger partial charge in [0.15, 0.2) is 0 Å². The van der Waals surface area contributed by atoms with E-state index in [-0.39, 0.29) is 0 Å². The van der Waals surface area contributed by atoms with Crippen molar-refractivity contribution in [2.45, 2.75) is 44.7 Å². The Hall–Kier alpha value is -1.13. The second-order valence-electron chi connectivity index (χ2n) is 5.22. The lowest BCUT2D eigenvalue weighted by atomic mass is 10.1. The van der Waals surface area contributed by atoms with Crippen LogP contribution in [0.5, 0.6) is 5.88 Å². The summed E-state index contributed by atoms with van der Waals surface area (Å²) in [6.07, 6.45) is 8.17. The van der Waals surface area contributed by atoms with Crippen LogP contribution in [-0.2, 0) is 6.54 Å². The number of hydrogen-bond acceptors (Lipinski definition) is 4. The highest BCUT2D eigenvalue weighted by Crippen LogP contribution is 2.26. The third-order valence-electron chi connectivity index (χ3n) is 3.91. The monoisotopic (exact) mass is 263 g/mol. The van der Waals surface area contributed by atoms with Gasteiger partial charge in [-0.3, -0.25) is 4.90 Å². The van der Waals surface area contributed by atoms with E-state index in [1.165, 1.54) is 31.2 Å². The van der Waals surface area contributed by atoms with E-state index in [1.54, 1.807) is 13.3 Å². The van der Waals surface area contributed by atoms with Crippen LogP contribution in [0.15, 0.2) is 18.3 Å². The largest absolute Gasteiger partial charge is 0.481 e. The summed E-state index contributed by atoms with van der Waals surface area (Å²) in [4.78, 5) is 6.84. The molecule has 1 aromatic rings. The van der Waals surface area contributed by atoms with E-state index >= 15 is 0 Å². The van der Waals surface area contributed by atoms with Crippen LogP contribution in [-0.4, -0.2) is 36.1 Å². The summed E-state index contributed by atoms with van der Waals surface area (Å²) < 4.78 is 5.35. The van der Waals surface area contributed by atoms with Gasteiger partial charge in [-0.25, -0.2) is 4.98 Å². The maximum atomic E-state index is 5.66. The molecule has 0 spiro atoms. The van der Waals surface area contributed by atoms with Crippen molar-refractivity contribution < 1.29 is 4.74 Å². The molecule has 4 heteroatoms. The van der Waals surface area contributed by atoms with Crippen LogP contribution in [0.2, 0.25) is 0 Å². The minimum absolute atomic E-state index is 0.705. The Labute approximate surface area is 116 Å². The summed E-state index contributed by atoms with van der Waals surface area (Å²) in [5.74, 6) is 0.748. The van der Waals surface area contributed by atoms with Gasteiger partial charge in [0.2, 0.25) is 5.88 Å². The highest BCUT2D eigenvalue weighted by atomic mass is 16.5. The van der Waals surface area contributed by atoms with Gasteiger partial charge in [0.05, 0.1) is 7.11 Å². The molecule has 1 aliphatic rings. The van der Waals surface area contributed by atoms with E-state index < -0.39 is 0 Å². The van der Waals surface area contributed by atoms with Crippen molar-refractivity contribution in [2.24, 2.45) is 5.73 Å². The molecule has 1 saturated carbocycles. The first kappa shape index (κ1) is 14.3. The minimum Gasteiger partial charge on any atom is -0.481 e. The molecule has 0 amide bonds. The number of rotatable bonds is 7. The lowest BCUT2D eigenvalue weighted by molar-refractivity contribution is 0.186. The van der Waals surface area contributed by atoms with Gasteiger partial charge in [-0.1, -0.05) is 18.9 Å². The Balaban J connectivity index is 2.05. The zero-order valence-corrected chi connectivity index (χ0v) is 11.8. The van der Waals surface area contributed by atoms with E-state index in [1.807, 2.05) is 6.07 Å². The molecule has 0 radical (unpaired) electrons. The van der Waals surface area contributed by atoms with Gasteiger partial charge in [-0.05, 0) is 38.4 Å². The number of hydrogen-bond donors (Lipinski definition) is 1. The molecular formula is C15H25N3O. The Bertz CT molecular complexity index is 377. The molecule has 1 heterocycles. The number of ether oxygens (including phenoxy) is 1. The van der Waals surface area contributed by atoms with Crippen molar-refractivity contribution in [3.63, 3.8) is 0 Å². The van der Waals surface area contributed by atoms with Gasteiger partial charge >= 0.3 is 0 Å². The van der Waals surface area contributed by atoms with Crippen molar-refractivity contribution in [2.75, 3.05) is 20.2 Å². The van der Waals surface area contributed by atoms with Crippen molar-refractivity contribution >= 4 is 0 Å². The third-order valence-corrected chi connectivity index (χ3v) is 3.91. The molecule has 1 aliphatic carbocycles. The zero-order valence-electron chi connectivity index (χ0n) is 11.8. The van der Waals surface area contributed by atoms with E-state index in [2.05, 4.69) is 16.0 Å². The SMILES string of the molecule is COc1ncccc1CN(CCCN)C1CCCC1. The van der Waals surface area contributed by atoms with E-state index in [9.17, 15) is 0 Å². The Morgan fingerprint density at radius 3 is 2.89 bits per heavy atom. The number of aromatic nitrogens is 1. The molecule has 0 atom stereocenters. The van der Waals surface area contributed by atoms with Crippen molar-refractivity contribution in [1.82, 2.24) is 9.88 Å². The fourth-order valence-corrected chi connectivity index (χ4v) is 2.90. The summed E-state index contributed by atoms with van der Waals surface area (Å²) in [6.45, 7) is 2.74. The van der Waals surface area contributed by atoms with Crippen molar-refractivity contribution in [3.8, 4) is 5.88 Å². The first-order chi connectivity index (χ1) is 9.35. The highest BCUT2D eigenvalue weighted by molar-refractivity contribution is 5.25. The molecule has 106 valence electrons. The van der Waals surface area contributed by atoms with E-state index in [0.717, 1.165) is 31.9 Å². The molecule has 2 N–H and O–H groups in total. The average molecular weight is 263 g/mol. The van der Waals surface area contributed by atoms with Crippen molar-refractivity contribution in [3.05, 3.63) is 23.9 Å². The fraction of sp³-hybridized carbons (Fsp3) is 0.667. The molecule has 2 rings (SSSR count). The van der Waals surface area contributed by atoms with Crippen LogP contribution < -0.4 is 10.5 Å².